The number of ether oxygens (including phenoxy) is 1. The molecule has 0 saturated carbocycles. The van der Waals surface area contributed by atoms with Gasteiger partial charge in [0, 0.05) is 0 Å². The Morgan fingerprint density at radius 3 is 2.24 bits per heavy atom. The van der Waals surface area contributed by atoms with E-state index in [1.165, 1.54) is 24.3 Å². The first-order chi connectivity index (χ1) is 13.8. The van der Waals surface area contributed by atoms with Gasteiger partial charge >= 0.3 is 6.36 Å². The Balaban J connectivity index is 1.67. The van der Waals surface area contributed by atoms with E-state index in [9.17, 15) is 13.2 Å². The molecule has 0 radical (unpaired) electrons. The van der Waals surface area contributed by atoms with E-state index in [1.807, 2.05) is 37.3 Å². The second kappa shape index (κ2) is 8.82. The van der Waals surface area contributed by atoms with Gasteiger partial charge in [-0.15, -0.1) is 13.2 Å². The average molecular weight is 399 g/mol. The molecule has 0 spiro atoms. The summed E-state index contributed by atoms with van der Waals surface area (Å²) in [7, 11) is 0. The highest BCUT2D eigenvalue weighted by Crippen LogP contribution is 2.26. The molecule has 150 valence electrons. The average Bonchev–Trinajstić information content (AvgIpc) is 2.69. The molecule has 3 rings (SSSR count). The Hall–Kier alpha value is -3.28. The molecule has 0 saturated heterocycles. The minimum absolute atomic E-state index is 0.275. The lowest BCUT2D eigenvalue weighted by molar-refractivity contribution is -0.274. The van der Waals surface area contributed by atoms with Gasteiger partial charge in [0.15, 0.2) is 0 Å². The van der Waals surface area contributed by atoms with Gasteiger partial charge in [0.2, 0.25) is 0 Å². The monoisotopic (exact) mass is 399 g/mol. The number of alkyl halides is 3. The van der Waals surface area contributed by atoms with Crippen molar-refractivity contribution in [3.63, 3.8) is 0 Å². The highest BCUT2D eigenvalue weighted by atomic mass is 19.4. The van der Waals surface area contributed by atoms with Crippen LogP contribution in [0.4, 0.5) is 13.2 Å². The smallest absolute Gasteiger partial charge is 0.406 e. The summed E-state index contributed by atoms with van der Waals surface area (Å²) < 4.78 is 40.6. The molecule has 0 fully saturated rings. The van der Waals surface area contributed by atoms with Crippen molar-refractivity contribution in [2.75, 3.05) is 0 Å². The zero-order valence-corrected chi connectivity index (χ0v) is 16.0. The Morgan fingerprint density at radius 2 is 1.59 bits per heavy atom. The highest BCUT2D eigenvalue weighted by Gasteiger charge is 2.30. The Morgan fingerprint density at radius 1 is 0.897 bits per heavy atom. The van der Waals surface area contributed by atoms with Crippen molar-refractivity contribution in [1.82, 2.24) is 0 Å². The summed E-state index contributed by atoms with van der Waals surface area (Å²) in [6, 6.07) is 21.6. The van der Waals surface area contributed by atoms with Crippen LogP contribution in [0.2, 0.25) is 0 Å². The fourth-order valence-electron chi connectivity index (χ4n) is 2.92. The van der Waals surface area contributed by atoms with Gasteiger partial charge in [0.25, 0.3) is 0 Å². The van der Waals surface area contributed by atoms with Crippen LogP contribution < -0.4 is 4.74 Å². The predicted octanol–water partition coefficient (Wildman–Crippen LogP) is 6.50. The third-order valence-corrected chi connectivity index (χ3v) is 4.46. The lowest BCUT2D eigenvalue weighted by atomic mass is 9.97. The largest absolute Gasteiger partial charge is 0.573 e. The van der Waals surface area contributed by atoms with Crippen LogP contribution in [0.15, 0.2) is 78.0 Å². The number of rotatable bonds is 6. The van der Waals surface area contributed by atoms with E-state index in [0.29, 0.717) is 17.9 Å². The molecule has 0 N–H and O–H groups in total. The molecule has 0 aliphatic carbocycles. The first kappa shape index (κ1) is 20.5. The Labute approximate surface area is 167 Å². The van der Waals surface area contributed by atoms with Crippen LogP contribution in [0.1, 0.15) is 23.6 Å². The van der Waals surface area contributed by atoms with Crippen LogP contribution in [0, 0.1) is 6.92 Å². The molecule has 0 aliphatic heterocycles. The summed E-state index contributed by atoms with van der Waals surface area (Å²) in [5.41, 5.74) is 5.59. The zero-order chi connectivity index (χ0) is 20.9. The fourth-order valence-corrected chi connectivity index (χ4v) is 2.92. The molecule has 0 amide bonds. The number of hydrogen-bond donors (Lipinski definition) is 0. The van der Waals surface area contributed by atoms with Crippen molar-refractivity contribution in [2.24, 2.45) is 5.16 Å². The summed E-state index contributed by atoms with van der Waals surface area (Å²) in [5, 5.41) is 4.09. The minimum Gasteiger partial charge on any atom is -0.406 e. The van der Waals surface area contributed by atoms with Crippen molar-refractivity contribution >= 4 is 5.71 Å². The maximum absolute atomic E-state index is 12.2. The van der Waals surface area contributed by atoms with Gasteiger partial charge in [-0.05, 0) is 65.9 Å². The van der Waals surface area contributed by atoms with E-state index in [2.05, 4.69) is 28.1 Å². The highest BCUT2D eigenvalue weighted by molar-refractivity contribution is 5.98. The number of benzene rings is 3. The molecule has 29 heavy (non-hydrogen) atoms. The second-order valence-electron chi connectivity index (χ2n) is 6.48. The standard InChI is InChI=1S/C23H20F3NO2/c1-16-20(9-6-10-22(16)19-7-4-3-5-8-19)15-28-27-17(2)18-11-13-21(14-12-18)29-23(24,25)26/h3-14H,15H2,1-2H3/b27-17+. The Bertz CT molecular complexity index is 981. The Kier molecular flexibility index (Phi) is 6.22. The van der Waals surface area contributed by atoms with Crippen LogP contribution in [0.25, 0.3) is 11.1 Å². The van der Waals surface area contributed by atoms with Crippen LogP contribution in [0.3, 0.4) is 0 Å². The third kappa shape index (κ3) is 5.60. The molecule has 0 aromatic heterocycles. The zero-order valence-electron chi connectivity index (χ0n) is 16.0. The summed E-state index contributed by atoms with van der Waals surface area (Å²) in [4.78, 5) is 5.50. The quantitative estimate of drug-likeness (QED) is 0.350. The lowest BCUT2D eigenvalue weighted by Crippen LogP contribution is -2.17. The molecular formula is C23H20F3NO2. The van der Waals surface area contributed by atoms with Crippen LogP contribution >= 0.6 is 0 Å². The van der Waals surface area contributed by atoms with E-state index in [-0.39, 0.29) is 5.75 Å². The van der Waals surface area contributed by atoms with E-state index in [4.69, 9.17) is 4.84 Å². The van der Waals surface area contributed by atoms with Gasteiger partial charge in [0.1, 0.15) is 12.4 Å². The normalized spacial score (nSPS) is 12.0. The van der Waals surface area contributed by atoms with Crippen LogP contribution in [0.5, 0.6) is 5.75 Å². The van der Waals surface area contributed by atoms with E-state index < -0.39 is 6.36 Å². The van der Waals surface area contributed by atoms with Crippen molar-refractivity contribution < 1.29 is 22.7 Å². The van der Waals surface area contributed by atoms with Gasteiger partial charge in [-0.1, -0.05) is 53.7 Å². The van der Waals surface area contributed by atoms with Gasteiger partial charge in [-0.3, -0.25) is 0 Å². The van der Waals surface area contributed by atoms with E-state index in [0.717, 1.165) is 22.3 Å². The molecule has 0 unspecified atom stereocenters. The van der Waals surface area contributed by atoms with Crippen molar-refractivity contribution in [1.29, 1.82) is 0 Å². The number of hydrogen-bond acceptors (Lipinski definition) is 3. The maximum Gasteiger partial charge on any atom is 0.573 e. The van der Waals surface area contributed by atoms with Crippen LogP contribution in [-0.4, -0.2) is 12.1 Å². The number of halogens is 3. The van der Waals surface area contributed by atoms with Crippen molar-refractivity contribution in [3.8, 4) is 16.9 Å². The van der Waals surface area contributed by atoms with E-state index in [1.54, 1.807) is 6.92 Å². The van der Waals surface area contributed by atoms with Gasteiger partial charge < -0.3 is 9.57 Å². The lowest BCUT2D eigenvalue weighted by Gasteiger charge is -2.11. The molecular weight excluding hydrogens is 379 g/mol. The minimum atomic E-state index is -4.71. The van der Waals surface area contributed by atoms with Crippen molar-refractivity contribution in [3.05, 3.63) is 89.5 Å². The van der Waals surface area contributed by atoms with Gasteiger partial charge in [-0.2, -0.15) is 0 Å². The van der Waals surface area contributed by atoms with Crippen molar-refractivity contribution in [2.45, 2.75) is 26.8 Å². The first-order valence-corrected chi connectivity index (χ1v) is 9.00. The maximum atomic E-state index is 12.2. The molecule has 6 heteroatoms. The molecule has 3 aromatic rings. The molecule has 0 aliphatic rings. The fraction of sp³-hybridized carbons (Fsp3) is 0.174. The van der Waals surface area contributed by atoms with Gasteiger partial charge in [-0.25, -0.2) is 0 Å². The first-order valence-electron chi connectivity index (χ1n) is 9.00. The summed E-state index contributed by atoms with van der Waals surface area (Å²) in [5.74, 6) is -0.275. The summed E-state index contributed by atoms with van der Waals surface area (Å²) >= 11 is 0. The molecule has 3 aromatic carbocycles. The summed E-state index contributed by atoms with van der Waals surface area (Å²) in [6.07, 6.45) is -4.71. The van der Waals surface area contributed by atoms with Crippen LogP contribution in [-0.2, 0) is 11.4 Å². The molecule has 0 atom stereocenters. The van der Waals surface area contributed by atoms with E-state index >= 15 is 0 Å². The molecule has 3 nitrogen and oxygen atoms in total. The molecule has 0 heterocycles. The predicted molar refractivity (Wildman–Crippen MR) is 107 cm³/mol. The number of nitrogens with zero attached hydrogens (tertiary/aromatic N) is 1. The third-order valence-electron chi connectivity index (χ3n) is 4.46. The number of oxime groups is 1. The topological polar surface area (TPSA) is 30.8 Å². The second-order valence-corrected chi connectivity index (χ2v) is 6.48. The molecule has 0 bridgehead atoms. The van der Waals surface area contributed by atoms with Gasteiger partial charge in [0.05, 0.1) is 5.71 Å². The SMILES string of the molecule is C/C(=N\OCc1cccc(-c2ccccc2)c1C)c1ccc(OC(F)(F)F)cc1. The summed E-state index contributed by atoms with van der Waals surface area (Å²) in [6.45, 7) is 4.06.